The van der Waals surface area contributed by atoms with Crippen molar-refractivity contribution in [2.24, 2.45) is 0 Å². The second kappa shape index (κ2) is 6.01. The molecule has 0 radical (unpaired) electrons. The van der Waals surface area contributed by atoms with Crippen LogP contribution in [0.2, 0.25) is 0 Å². The van der Waals surface area contributed by atoms with Gasteiger partial charge in [0.15, 0.2) is 5.16 Å². The van der Waals surface area contributed by atoms with E-state index in [1.807, 2.05) is 26.2 Å². The Bertz CT molecular complexity index is 785. The van der Waals surface area contributed by atoms with Crippen molar-refractivity contribution in [1.82, 2.24) is 14.7 Å². The van der Waals surface area contributed by atoms with E-state index in [9.17, 15) is 0 Å². The van der Waals surface area contributed by atoms with E-state index in [1.54, 1.807) is 11.8 Å². The van der Waals surface area contributed by atoms with Crippen LogP contribution < -0.4 is 0 Å². The van der Waals surface area contributed by atoms with Crippen molar-refractivity contribution < 1.29 is 4.52 Å². The molecular formula is C17H19N3OS. The molecule has 0 atom stereocenters. The Labute approximate surface area is 134 Å². The molecule has 3 aromatic rings. The van der Waals surface area contributed by atoms with E-state index >= 15 is 0 Å². The number of hydrogen-bond donors (Lipinski definition) is 0. The van der Waals surface area contributed by atoms with Crippen molar-refractivity contribution in [3.63, 3.8) is 0 Å². The number of aryl methyl sites for hydroxylation is 4. The van der Waals surface area contributed by atoms with E-state index in [0.29, 0.717) is 0 Å². The van der Waals surface area contributed by atoms with Gasteiger partial charge in [-0.1, -0.05) is 34.6 Å². The number of benzene rings is 1. The number of imidazole rings is 1. The maximum atomic E-state index is 5.22. The van der Waals surface area contributed by atoms with Gasteiger partial charge in [-0.3, -0.25) is 4.57 Å². The monoisotopic (exact) mass is 313 g/mol. The van der Waals surface area contributed by atoms with Crippen molar-refractivity contribution in [3.8, 4) is 5.69 Å². The molecule has 3 rings (SSSR count). The van der Waals surface area contributed by atoms with Crippen LogP contribution in [0.3, 0.4) is 0 Å². The molecule has 0 N–H and O–H groups in total. The highest BCUT2D eigenvalue weighted by atomic mass is 32.2. The smallest absolute Gasteiger partial charge is 0.172 e. The Balaban J connectivity index is 1.86. The van der Waals surface area contributed by atoms with E-state index in [1.165, 1.54) is 16.8 Å². The Kier molecular flexibility index (Phi) is 4.07. The highest BCUT2D eigenvalue weighted by Crippen LogP contribution is 2.28. The molecule has 0 spiro atoms. The van der Waals surface area contributed by atoms with Crippen molar-refractivity contribution >= 4 is 11.8 Å². The lowest BCUT2D eigenvalue weighted by Gasteiger charge is -2.11. The van der Waals surface area contributed by atoms with Gasteiger partial charge >= 0.3 is 0 Å². The third-order valence-electron chi connectivity index (χ3n) is 3.75. The molecule has 114 valence electrons. The lowest BCUT2D eigenvalue weighted by atomic mass is 10.1. The Morgan fingerprint density at radius 2 is 2.00 bits per heavy atom. The Hall–Kier alpha value is -2.01. The molecule has 0 saturated carbocycles. The number of aromatic nitrogens is 3. The van der Waals surface area contributed by atoms with Crippen molar-refractivity contribution in [2.45, 2.75) is 38.6 Å². The van der Waals surface area contributed by atoms with Gasteiger partial charge in [-0.25, -0.2) is 4.98 Å². The molecule has 0 saturated heterocycles. The standard InChI is InChI=1S/C17H19N3OS/c1-11-5-6-16(12(2)9-11)20-8-7-18-17(20)22-10-15-13(3)19-21-14(15)4/h5-9H,10H2,1-4H3. The maximum Gasteiger partial charge on any atom is 0.172 e. The molecule has 0 aliphatic rings. The first-order chi connectivity index (χ1) is 10.6. The molecule has 2 heterocycles. The normalized spacial score (nSPS) is 11.1. The average Bonchev–Trinajstić information content (AvgIpc) is 3.05. The van der Waals surface area contributed by atoms with Crippen LogP contribution in [0.1, 0.15) is 28.1 Å². The van der Waals surface area contributed by atoms with E-state index < -0.39 is 0 Å². The average molecular weight is 313 g/mol. The van der Waals surface area contributed by atoms with Gasteiger partial charge in [-0.15, -0.1) is 0 Å². The molecular weight excluding hydrogens is 294 g/mol. The first-order valence-electron chi connectivity index (χ1n) is 7.22. The van der Waals surface area contributed by atoms with E-state index in [0.717, 1.165) is 27.9 Å². The maximum absolute atomic E-state index is 5.22. The topological polar surface area (TPSA) is 43.9 Å². The molecule has 4 nitrogen and oxygen atoms in total. The molecule has 0 aliphatic carbocycles. The van der Waals surface area contributed by atoms with Crippen LogP contribution in [-0.2, 0) is 5.75 Å². The number of hydrogen-bond acceptors (Lipinski definition) is 4. The molecule has 1 aromatic carbocycles. The predicted octanol–water partition coefficient (Wildman–Crippen LogP) is 4.39. The fourth-order valence-corrected chi connectivity index (χ4v) is 3.62. The Morgan fingerprint density at radius 1 is 1.18 bits per heavy atom. The van der Waals surface area contributed by atoms with Crippen molar-refractivity contribution in [1.29, 1.82) is 0 Å². The highest BCUT2D eigenvalue weighted by Gasteiger charge is 2.13. The summed E-state index contributed by atoms with van der Waals surface area (Å²) in [6.45, 7) is 8.17. The summed E-state index contributed by atoms with van der Waals surface area (Å²) in [5.74, 6) is 1.69. The third-order valence-corrected chi connectivity index (χ3v) is 4.74. The molecule has 0 bridgehead atoms. The van der Waals surface area contributed by atoms with Crippen LogP contribution in [0.25, 0.3) is 5.69 Å². The van der Waals surface area contributed by atoms with E-state index in [-0.39, 0.29) is 0 Å². The van der Waals surface area contributed by atoms with Gasteiger partial charge in [0.2, 0.25) is 0 Å². The van der Waals surface area contributed by atoms with Gasteiger partial charge in [0.05, 0.1) is 11.4 Å². The molecule has 0 fully saturated rings. The van der Waals surface area contributed by atoms with Crippen LogP contribution in [0.5, 0.6) is 0 Å². The molecule has 0 unspecified atom stereocenters. The molecule has 2 aromatic heterocycles. The molecule has 5 heteroatoms. The zero-order chi connectivity index (χ0) is 15.7. The zero-order valence-electron chi connectivity index (χ0n) is 13.3. The summed E-state index contributed by atoms with van der Waals surface area (Å²) in [6.07, 6.45) is 3.85. The Morgan fingerprint density at radius 3 is 2.68 bits per heavy atom. The van der Waals surface area contributed by atoms with Crippen LogP contribution in [0.4, 0.5) is 0 Å². The third kappa shape index (κ3) is 2.81. The first kappa shape index (κ1) is 14.9. The lowest BCUT2D eigenvalue weighted by Crippen LogP contribution is -1.98. The number of nitrogens with zero attached hydrogens (tertiary/aromatic N) is 3. The van der Waals surface area contributed by atoms with Gasteiger partial charge in [-0.2, -0.15) is 0 Å². The molecule has 0 aliphatic heterocycles. The van der Waals surface area contributed by atoms with Crippen LogP contribution in [-0.4, -0.2) is 14.7 Å². The minimum atomic E-state index is 0.809. The fraction of sp³-hybridized carbons (Fsp3) is 0.294. The second-order valence-corrected chi connectivity index (χ2v) is 6.40. The van der Waals surface area contributed by atoms with Crippen LogP contribution in [0, 0.1) is 27.7 Å². The van der Waals surface area contributed by atoms with Gasteiger partial charge in [0.1, 0.15) is 5.76 Å². The summed E-state index contributed by atoms with van der Waals surface area (Å²) in [6, 6.07) is 6.47. The van der Waals surface area contributed by atoms with E-state index in [2.05, 4.69) is 46.8 Å². The summed E-state index contributed by atoms with van der Waals surface area (Å²) in [5, 5.41) is 4.98. The predicted molar refractivity (Wildman–Crippen MR) is 88.6 cm³/mol. The number of thioether (sulfide) groups is 1. The van der Waals surface area contributed by atoms with Gasteiger partial charge in [-0.05, 0) is 39.3 Å². The minimum Gasteiger partial charge on any atom is -0.361 e. The number of rotatable bonds is 4. The molecule has 22 heavy (non-hydrogen) atoms. The SMILES string of the molecule is Cc1ccc(-n2ccnc2SCc2c(C)noc2C)c(C)c1. The van der Waals surface area contributed by atoms with Crippen LogP contribution in [0.15, 0.2) is 40.3 Å². The van der Waals surface area contributed by atoms with Crippen LogP contribution >= 0.6 is 11.8 Å². The molecule has 0 amide bonds. The van der Waals surface area contributed by atoms with E-state index in [4.69, 9.17) is 4.52 Å². The summed E-state index contributed by atoms with van der Waals surface area (Å²) in [7, 11) is 0. The minimum absolute atomic E-state index is 0.809. The summed E-state index contributed by atoms with van der Waals surface area (Å²) < 4.78 is 7.36. The van der Waals surface area contributed by atoms with Crippen molar-refractivity contribution in [2.75, 3.05) is 0 Å². The second-order valence-electron chi connectivity index (χ2n) is 5.46. The summed E-state index contributed by atoms with van der Waals surface area (Å²) in [4.78, 5) is 4.49. The summed E-state index contributed by atoms with van der Waals surface area (Å²) >= 11 is 1.70. The van der Waals surface area contributed by atoms with Gasteiger partial charge in [0.25, 0.3) is 0 Å². The summed E-state index contributed by atoms with van der Waals surface area (Å²) in [5.41, 5.74) is 5.79. The fourth-order valence-electron chi connectivity index (χ4n) is 2.50. The van der Waals surface area contributed by atoms with Gasteiger partial charge in [0, 0.05) is 23.7 Å². The highest BCUT2D eigenvalue weighted by molar-refractivity contribution is 7.98. The lowest BCUT2D eigenvalue weighted by molar-refractivity contribution is 0.392. The zero-order valence-corrected chi connectivity index (χ0v) is 14.1. The first-order valence-corrected chi connectivity index (χ1v) is 8.20. The van der Waals surface area contributed by atoms with Gasteiger partial charge < -0.3 is 4.52 Å². The van der Waals surface area contributed by atoms with Crippen molar-refractivity contribution in [3.05, 3.63) is 58.7 Å². The largest absolute Gasteiger partial charge is 0.361 e. The quantitative estimate of drug-likeness (QED) is 0.670.